The molecule has 0 bridgehead atoms. The normalized spacial score (nSPS) is 19.8. The molecule has 0 saturated carbocycles. The Hall–Kier alpha value is -3.19. The van der Waals surface area contributed by atoms with Crippen LogP contribution in [0, 0.1) is 5.92 Å². The van der Waals surface area contributed by atoms with E-state index in [4.69, 9.17) is 0 Å². The number of carbonyl (C=O) groups is 3. The number of hydrogen-bond acceptors (Lipinski definition) is 5. The van der Waals surface area contributed by atoms with Crippen LogP contribution in [0.2, 0.25) is 0 Å². The Bertz CT molecular complexity index is 1010. The first kappa shape index (κ1) is 23.0. The van der Waals surface area contributed by atoms with Gasteiger partial charge in [-0.25, -0.2) is 4.90 Å². The molecule has 174 valence electrons. The minimum Gasteiger partial charge on any atom is -0.506 e. The van der Waals surface area contributed by atoms with Crippen molar-refractivity contribution in [1.82, 2.24) is 4.90 Å². The van der Waals surface area contributed by atoms with Crippen LogP contribution in [0.15, 0.2) is 48.5 Å². The van der Waals surface area contributed by atoms with E-state index in [1.54, 1.807) is 18.2 Å². The largest absolute Gasteiger partial charge is 0.506 e. The van der Waals surface area contributed by atoms with Crippen LogP contribution in [0.3, 0.4) is 0 Å². The molecule has 3 amide bonds. The summed E-state index contributed by atoms with van der Waals surface area (Å²) >= 11 is 0. The lowest BCUT2D eigenvalue weighted by molar-refractivity contribution is -0.123. The lowest BCUT2D eigenvalue weighted by Gasteiger charge is -2.34. The fraction of sp³-hybridized carbons (Fsp3) is 0.423. The fourth-order valence-corrected chi connectivity index (χ4v) is 4.65. The van der Waals surface area contributed by atoms with Gasteiger partial charge < -0.3 is 10.4 Å². The molecule has 4 rings (SSSR count). The Morgan fingerprint density at radius 2 is 1.76 bits per heavy atom. The molecule has 0 spiro atoms. The number of amides is 3. The molecule has 2 aromatic rings. The van der Waals surface area contributed by atoms with Crippen LogP contribution in [0.25, 0.3) is 0 Å². The molecule has 2 N–H and O–H groups in total. The van der Waals surface area contributed by atoms with Crippen molar-refractivity contribution in [2.75, 3.05) is 23.3 Å². The maximum absolute atomic E-state index is 13.1. The van der Waals surface area contributed by atoms with Gasteiger partial charge in [0.15, 0.2) is 0 Å². The molecule has 2 aromatic carbocycles. The molecule has 0 radical (unpaired) electrons. The molecule has 2 saturated heterocycles. The number of piperidine rings is 1. The summed E-state index contributed by atoms with van der Waals surface area (Å²) in [6, 6.07) is 13.9. The third-order valence-corrected chi connectivity index (χ3v) is 6.64. The van der Waals surface area contributed by atoms with Crippen LogP contribution < -0.4 is 10.2 Å². The molecule has 2 aliphatic heterocycles. The lowest BCUT2D eigenvalue weighted by Crippen LogP contribution is -2.47. The van der Waals surface area contributed by atoms with E-state index in [2.05, 4.69) is 12.2 Å². The van der Waals surface area contributed by atoms with E-state index < -0.39 is 6.04 Å². The number of unbranched alkanes of at least 4 members (excludes halogenated alkanes) is 1. The van der Waals surface area contributed by atoms with E-state index in [0.717, 1.165) is 19.3 Å². The summed E-state index contributed by atoms with van der Waals surface area (Å²) < 4.78 is 0. The van der Waals surface area contributed by atoms with Crippen molar-refractivity contribution in [3.63, 3.8) is 0 Å². The molecule has 2 heterocycles. The summed E-state index contributed by atoms with van der Waals surface area (Å²) in [7, 11) is 0. The number of benzene rings is 2. The van der Waals surface area contributed by atoms with Crippen molar-refractivity contribution in [3.8, 4) is 5.75 Å². The van der Waals surface area contributed by atoms with Crippen molar-refractivity contribution in [1.29, 1.82) is 0 Å². The average Bonchev–Trinajstić information content (AvgIpc) is 3.13. The third kappa shape index (κ3) is 5.09. The highest BCUT2D eigenvalue weighted by atomic mass is 16.3. The summed E-state index contributed by atoms with van der Waals surface area (Å²) in [4.78, 5) is 41.8. The van der Waals surface area contributed by atoms with Gasteiger partial charge in [-0.3, -0.25) is 19.3 Å². The number of anilines is 2. The van der Waals surface area contributed by atoms with Crippen molar-refractivity contribution in [3.05, 3.63) is 54.1 Å². The number of phenolic OH excluding ortho intramolecular Hbond substituents is 1. The second kappa shape index (κ2) is 10.2. The van der Waals surface area contributed by atoms with Gasteiger partial charge in [0.2, 0.25) is 11.8 Å². The molecule has 33 heavy (non-hydrogen) atoms. The summed E-state index contributed by atoms with van der Waals surface area (Å²) in [5.74, 6) is -0.643. The zero-order valence-corrected chi connectivity index (χ0v) is 19.0. The molecule has 2 fully saturated rings. The predicted octanol–water partition coefficient (Wildman–Crippen LogP) is 3.72. The second-order valence-corrected chi connectivity index (χ2v) is 8.87. The van der Waals surface area contributed by atoms with E-state index in [1.807, 2.05) is 29.2 Å². The van der Waals surface area contributed by atoms with Gasteiger partial charge in [-0.15, -0.1) is 0 Å². The number of aromatic hydroxyl groups is 1. The van der Waals surface area contributed by atoms with Crippen molar-refractivity contribution < 1.29 is 19.5 Å². The Morgan fingerprint density at radius 3 is 2.42 bits per heavy atom. The smallest absolute Gasteiger partial charge is 0.251 e. The van der Waals surface area contributed by atoms with E-state index in [0.29, 0.717) is 37.3 Å². The standard InChI is InChI=1S/C26H31N3O4/c1-2-3-6-18-9-11-20(12-10-18)29-24(31)17-22(26(29)33)28-15-13-19(14-16-28)25(32)27-21-7-4-5-8-23(21)30/h4-5,7-12,19,22,30H,2-3,6,13-17H2,1H3,(H,27,32)/t22-/m1/s1. The highest BCUT2D eigenvalue weighted by Crippen LogP contribution is 2.30. The van der Waals surface area contributed by atoms with E-state index in [1.165, 1.54) is 16.5 Å². The second-order valence-electron chi connectivity index (χ2n) is 8.87. The van der Waals surface area contributed by atoms with Gasteiger partial charge in [0.1, 0.15) is 5.75 Å². The molecule has 2 aliphatic rings. The number of aryl methyl sites for hydroxylation is 1. The van der Waals surface area contributed by atoms with Crippen LogP contribution >= 0.6 is 0 Å². The van der Waals surface area contributed by atoms with Gasteiger partial charge >= 0.3 is 0 Å². The minimum atomic E-state index is -0.473. The topological polar surface area (TPSA) is 90.0 Å². The maximum Gasteiger partial charge on any atom is 0.251 e. The Morgan fingerprint density at radius 1 is 1.06 bits per heavy atom. The van der Waals surface area contributed by atoms with Gasteiger partial charge in [-0.05, 0) is 68.6 Å². The van der Waals surface area contributed by atoms with Gasteiger partial charge in [0.05, 0.1) is 23.8 Å². The van der Waals surface area contributed by atoms with Crippen molar-refractivity contribution in [2.24, 2.45) is 5.92 Å². The molecule has 1 atom stereocenters. The van der Waals surface area contributed by atoms with Crippen LogP contribution in [-0.2, 0) is 20.8 Å². The summed E-state index contributed by atoms with van der Waals surface area (Å²) in [6.07, 6.45) is 4.61. The number of nitrogens with one attached hydrogen (secondary N) is 1. The first-order valence-electron chi connectivity index (χ1n) is 11.8. The van der Waals surface area contributed by atoms with E-state index >= 15 is 0 Å². The van der Waals surface area contributed by atoms with Crippen LogP contribution in [0.4, 0.5) is 11.4 Å². The zero-order valence-electron chi connectivity index (χ0n) is 19.0. The number of hydrogen-bond donors (Lipinski definition) is 2. The zero-order chi connectivity index (χ0) is 23.4. The van der Waals surface area contributed by atoms with E-state index in [9.17, 15) is 19.5 Å². The first-order valence-corrected chi connectivity index (χ1v) is 11.8. The fourth-order valence-electron chi connectivity index (χ4n) is 4.65. The highest BCUT2D eigenvalue weighted by molar-refractivity contribution is 6.22. The number of phenols is 1. The predicted molar refractivity (Wildman–Crippen MR) is 127 cm³/mol. The number of nitrogens with zero attached hydrogens (tertiary/aromatic N) is 2. The monoisotopic (exact) mass is 449 g/mol. The molecule has 7 heteroatoms. The average molecular weight is 450 g/mol. The van der Waals surface area contributed by atoms with Gasteiger partial charge in [-0.1, -0.05) is 37.6 Å². The van der Waals surface area contributed by atoms with Crippen LogP contribution in [0.5, 0.6) is 5.75 Å². The number of para-hydroxylation sites is 2. The Labute approximate surface area is 194 Å². The number of likely N-dealkylation sites (tertiary alicyclic amines) is 1. The molecule has 0 aromatic heterocycles. The third-order valence-electron chi connectivity index (χ3n) is 6.64. The van der Waals surface area contributed by atoms with Crippen molar-refractivity contribution >= 4 is 29.1 Å². The van der Waals surface area contributed by atoms with Crippen molar-refractivity contribution in [2.45, 2.75) is 51.5 Å². The minimum absolute atomic E-state index is 0.0387. The molecule has 0 aliphatic carbocycles. The Balaban J connectivity index is 1.34. The number of imide groups is 1. The summed E-state index contributed by atoms with van der Waals surface area (Å²) in [6.45, 7) is 3.30. The van der Waals surface area contributed by atoms with Crippen LogP contribution in [-0.4, -0.2) is 46.9 Å². The quantitative estimate of drug-likeness (QED) is 0.497. The number of rotatable bonds is 7. The summed E-state index contributed by atoms with van der Waals surface area (Å²) in [5.41, 5.74) is 2.24. The molecular weight excluding hydrogens is 418 g/mol. The van der Waals surface area contributed by atoms with Gasteiger partial charge in [0.25, 0.3) is 5.91 Å². The highest BCUT2D eigenvalue weighted by Gasteiger charge is 2.43. The summed E-state index contributed by atoms with van der Waals surface area (Å²) in [5, 5.41) is 12.7. The first-order chi connectivity index (χ1) is 16.0. The molecule has 7 nitrogen and oxygen atoms in total. The number of carbonyl (C=O) groups excluding carboxylic acids is 3. The molecular formula is C26H31N3O4. The van der Waals surface area contributed by atoms with Gasteiger partial charge in [-0.2, -0.15) is 0 Å². The molecule has 0 unspecified atom stereocenters. The lowest BCUT2D eigenvalue weighted by atomic mass is 9.94. The SMILES string of the molecule is CCCCc1ccc(N2C(=O)C[C@@H](N3CCC(C(=O)Nc4ccccc4O)CC3)C2=O)cc1. The van der Waals surface area contributed by atoms with E-state index in [-0.39, 0.29) is 35.8 Å². The maximum atomic E-state index is 13.1. The van der Waals surface area contributed by atoms with Crippen LogP contribution in [0.1, 0.15) is 44.6 Å². The van der Waals surface area contributed by atoms with Gasteiger partial charge in [0, 0.05) is 5.92 Å². The Kier molecular flexibility index (Phi) is 7.08.